The van der Waals surface area contributed by atoms with Crippen molar-refractivity contribution in [1.29, 1.82) is 0 Å². The lowest BCUT2D eigenvalue weighted by atomic mass is 10.2. The first-order valence-electron chi connectivity index (χ1n) is 4.39. The standard InChI is InChI=1S/C9H9ClN2O4/c10-7-2-1-6(5-8(7)12(15)16)9(14)11-3-4-13/h1-2,5,13H,3-4H2,(H,11,14). The molecule has 0 aromatic heterocycles. The normalized spacial score (nSPS) is 9.88. The highest BCUT2D eigenvalue weighted by Gasteiger charge is 2.15. The monoisotopic (exact) mass is 244 g/mol. The molecule has 0 spiro atoms. The van der Waals surface area contributed by atoms with E-state index in [2.05, 4.69) is 5.32 Å². The summed E-state index contributed by atoms with van der Waals surface area (Å²) in [7, 11) is 0. The Morgan fingerprint density at radius 1 is 1.56 bits per heavy atom. The largest absolute Gasteiger partial charge is 0.395 e. The van der Waals surface area contributed by atoms with Gasteiger partial charge in [-0.25, -0.2) is 0 Å². The molecule has 0 atom stereocenters. The van der Waals surface area contributed by atoms with Gasteiger partial charge in [-0.15, -0.1) is 0 Å². The van der Waals surface area contributed by atoms with Gasteiger partial charge >= 0.3 is 0 Å². The zero-order chi connectivity index (χ0) is 12.1. The summed E-state index contributed by atoms with van der Waals surface area (Å²) >= 11 is 5.59. The molecule has 1 amide bonds. The maximum atomic E-state index is 11.4. The van der Waals surface area contributed by atoms with Crippen LogP contribution in [0.1, 0.15) is 10.4 Å². The Morgan fingerprint density at radius 3 is 2.81 bits per heavy atom. The second kappa shape index (κ2) is 5.43. The summed E-state index contributed by atoms with van der Waals surface area (Å²) in [5, 5.41) is 21.4. The molecular formula is C9H9ClN2O4. The number of hydrogen-bond donors (Lipinski definition) is 2. The van der Waals surface area contributed by atoms with Gasteiger partial charge in [0.2, 0.25) is 0 Å². The van der Waals surface area contributed by atoms with E-state index in [1.54, 1.807) is 0 Å². The SMILES string of the molecule is O=C(NCCO)c1ccc(Cl)c([N+](=O)[O-])c1. The lowest BCUT2D eigenvalue weighted by molar-refractivity contribution is -0.384. The molecule has 1 aromatic carbocycles. The molecule has 2 N–H and O–H groups in total. The number of carbonyl (C=O) groups excluding carboxylic acids is 1. The first kappa shape index (κ1) is 12.4. The van der Waals surface area contributed by atoms with E-state index < -0.39 is 10.8 Å². The zero-order valence-corrected chi connectivity index (χ0v) is 8.90. The van der Waals surface area contributed by atoms with Crippen LogP contribution in [-0.2, 0) is 0 Å². The Hall–Kier alpha value is -1.66. The van der Waals surface area contributed by atoms with Crippen LogP contribution >= 0.6 is 11.6 Å². The van der Waals surface area contributed by atoms with Gasteiger partial charge in [0, 0.05) is 18.2 Å². The van der Waals surface area contributed by atoms with E-state index in [-0.39, 0.29) is 29.4 Å². The van der Waals surface area contributed by atoms with Crippen molar-refractivity contribution in [2.24, 2.45) is 0 Å². The van der Waals surface area contributed by atoms with Crippen molar-refractivity contribution in [2.75, 3.05) is 13.2 Å². The smallest absolute Gasteiger partial charge is 0.288 e. The van der Waals surface area contributed by atoms with Crippen molar-refractivity contribution in [3.8, 4) is 0 Å². The lowest BCUT2D eigenvalue weighted by Gasteiger charge is -2.03. The van der Waals surface area contributed by atoms with Gasteiger partial charge in [-0.1, -0.05) is 11.6 Å². The van der Waals surface area contributed by atoms with Crippen molar-refractivity contribution in [1.82, 2.24) is 5.32 Å². The molecule has 0 fully saturated rings. The molecule has 6 nitrogen and oxygen atoms in total. The van der Waals surface area contributed by atoms with Crippen LogP contribution in [0.5, 0.6) is 0 Å². The van der Waals surface area contributed by atoms with Gasteiger partial charge in [-0.2, -0.15) is 0 Å². The molecule has 1 rings (SSSR count). The molecule has 0 aliphatic carbocycles. The minimum Gasteiger partial charge on any atom is -0.395 e. The van der Waals surface area contributed by atoms with Gasteiger partial charge in [0.15, 0.2) is 0 Å². The molecule has 0 heterocycles. The average Bonchev–Trinajstić information content (AvgIpc) is 2.26. The van der Waals surface area contributed by atoms with Crippen LogP contribution in [0.2, 0.25) is 5.02 Å². The molecule has 0 aliphatic rings. The number of nitrogens with one attached hydrogen (secondary N) is 1. The number of amides is 1. The number of nitro benzene ring substituents is 1. The molecule has 1 aromatic rings. The van der Waals surface area contributed by atoms with Gasteiger partial charge < -0.3 is 10.4 Å². The van der Waals surface area contributed by atoms with Gasteiger partial charge in [-0.05, 0) is 12.1 Å². The summed E-state index contributed by atoms with van der Waals surface area (Å²) in [6.07, 6.45) is 0. The quantitative estimate of drug-likeness (QED) is 0.610. The predicted molar refractivity (Wildman–Crippen MR) is 57.5 cm³/mol. The van der Waals surface area contributed by atoms with Crippen LogP contribution < -0.4 is 5.32 Å². The minimum absolute atomic E-state index is 0.0243. The Bertz CT molecular complexity index is 422. The number of aliphatic hydroxyl groups excluding tert-OH is 1. The van der Waals surface area contributed by atoms with Crippen LogP contribution in [0.15, 0.2) is 18.2 Å². The summed E-state index contributed by atoms with van der Waals surface area (Å²) in [4.78, 5) is 21.3. The number of hydrogen-bond acceptors (Lipinski definition) is 4. The van der Waals surface area contributed by atoms with Crippen molar-refractivity contribution in [3.05, 3.63) is 38.9 Å². The van der Waals surface area contributed by atoms with Crippen molar-refractivity contribution < 1.29 is 14.8 Å². The number of nitro groups is 1. The molecule has 0 aliphatic heterocycles. The van der Waals surface area contributed by atoms with Crippen LogP contribution in [0, 0.1) is 10.1 Å². The van der Waals surface area contributed by atoms with Crippen molar-refractivity contribution in [3.63, 3.8) is 0 Å². The van der Waals surface area contributed by atoms with E-state index in [1.165, 1.54) is 12.1 Å². The summed E-state index contributed by atoms with van der Waals surface area (Å²) in [5.41, 5.74) is -0.192. The highest BCUT2D eigenvalue weighted by atomic mass is 35.5. The summed E-state index contributed by atoms with van der Waals surface area (Å²) in [5.74, 6) is -0.492. The third kappa shape index (κ3) is 2.91. The molecule has 16 heavy (non-hydrogen) atoms. The van der Waals surface area contributed by atoms with Crippen molar-refractivity contribution >= 4 is 23.2 Å². The van der Waals surface area contributed by atoms with E-state index in [9.17, 15) is 14.9 Å². The van der Waals surface area contributed by atoms with E-state index in [0.29, 0.717) is 0 Å². The molecular weight excluding hydrogens is 236 g/mol. The second-order valence-corrected chi connectivity index (χ2v) is 3.31. The highest BCUT2D eigenvalue weighted by molar-refractivity contribution is 6.32. The summed E-state index contributed by atoms with van der Waals surface area (Å²) in [6, 6.07) is 3.75. The van der Waals surface area contributed by atoms with E-state index in [1.807, 2.05) is 0 Å². The fraction of sp³-hybridized carbons (Fsp3) is 0.222. The molecule has 0 bridgehead atoms. The number of nitrogens with zero attached hydrogens (tertiary/aromatic N) is 1. The molecule has 0 saturated heterocycles. The third-order valence-corrected chi connectivity index (χ3v) is 2.12. The fourth-order valence-corrected chi connectivity index (χ4v) is 1.25. The predicted octanol–water partition coefficient (Wildman–Crippen LogP) is 0.970. The fourth-order valence-electron chi connectivity index (χ4n) is 1.07. The number of benzene rings is 1. The van der Waals surface area contributed by atoms with Gasteiger partial charge in [0.25, 0.3) is 11.6 Å². The minimum atomic E-state index is -0.662. The zero-order valence-electron chi connectivity index (χ0n) is 8.14. The van der Waals surface area contributed by atoms with E-state index in [4.69, 9.17) is 16.7 Å². The second-order valence-electron chi connectivity index (χ2n) is 2.90. The van der Waals surface area contributed by atoms with E-state index in [0.717, 1.165) is 6.07 Å². The maximum Gasteiger partial charge on any atom is 0.288 e. The van der Waals surface area contributed by atoms with Crippen LogP contribution in [0.4, 0.5) is 5.69 Å². The van der Waals surface area contributed by atoms with E-state index >= 15 is 0 Å². The third-order valence-electron chi connectivity index (χ3n) is 1.80. The number of rotatable bonds is 4. The molecule has 0 unspecified atom stereocenters. The van der Waals surface area contributed by atoms with Crippen LogP contribution in [-0.4, -0.2) is 29.1 Å². The first-order valence-corrected chi connectivity index (χ1v) is 4.77. The molecule has 86 valence electrons. The number of carbonyl (C=O) groups is 1. The number of halogens is 1. The average molecular weight is 245 g/mol. The number of aliphatic hydroxyl groups is 1. The van der Waals surface area contributed by atoms with Crippen molar-refractivity contribution in [2.45, 2.75) is 0 Å². The maximum absolute atomic E-state index is 11.4. The Balaban J connectivity index is 2.94. The molecule has 7 heteroatoms. The van der Waals surface area contributed by atoms with Crippen LogP contribution in [0.25, 0.3) is 0 Å². The Labute approximate surface area is 96.0 Å². The van der Waals surface area contributed by atoms with Crippen LogP contribution in [0.3, 0.4) is 0 Å². The first-order chi connectivity index (χ1) is 7.56. The summed E-state index contributed by atoms with van der Waals surface area (Å²) in [6.45, 7) is -0.101. The highest BCUT2D eigenvalue weighted by Crippen LogP contribution is 2.24. The Morgan fingerprint density at radius 2 is 2.25 bits per heavy atom. The Kier molecular flexibility index (Phi) is 4.21. The lowest BCUT2D eigenvalue weighted by Crippen LogP contribution is -2.26. The topological polar surface area (TPSA) is 92.5 Å². The van der Waals surface area contributed by atoms with Gasteiger partial charge in [-0.3, -0.25) is 14.9 Å². The summed E-state index contributed by atoms with van der Waals surface area (Å²) < 4.78 is 0. The molecule has 0 saturated carbocycles. The molecule has 0 radical (unpaired) electrons. The van der Waals surface area contributed by atoms with Gasteiger partial charge in [0.1, 0.15) is 5.02 Å². The van der Waals surface area contributed by atoms with Gasteiger partial charge in [0.05, 0.1) is 11.5 Å².